The molecule has 0 spiro atoms. The van der Waals surface area contributed by atoms with E-state index in [-0.39, 0.29) is 12.5 Å². The molecule has 0 saturated carbocycles. The molecule has 3 rings (SSSR count). The summed E-state index contributed by atoms with van der Waals surface area (Å²) in [5.74, 6) is -4.71. The highest BCUT2D eigenvalue weighted by Gasteiger charge is 2.73. The van der Waals surface area contributed by atoms with Crippen LogP contribution in [0.3, 0.4) is 0 Å². The van der Waals surface area contributed by atoms with Crippen molar-refractivity contribution in [2.75, 3.05) is 6.61 Å². The molecule has 1 N–H and O–H groups in total. The van der Waals surface area contributed by atoms with Gasteiger partial charge in [-0.25, -0.2) is 0 Å². The summed E-state index contributed by atoms with van der Waals surface area (Å²) in [6.07, 6.45) is -2.83. The van der Waals surface area contributed by atoms with E-state index in [1.807, 2.05) is 0 Å². The van der Waals surface area contributed by atoms with Crippen LogP contribution in [0.1, 0.15) is 27.2 Å². The van der Waals surface area contributed by atoms with Gasteiger partial charge in [-0.05, 0) is 13.8 Å². The second-order valence-corrected chi connectivity index (χ2v) is 9.02. The molecule has 6 atom stereocenters. The Labute approximate surface area is 165 Å². The maximum absolute atomic E-state index is 13.4. The lowest BCUT2D eigenvalue weighted by Crippen LogP contribution is -2.51. The number of carbonyl (C=O) groups excluding carboxylic acids is 3. The molecule has 164 valence electrons. The average Bonchev–Trinajstić information content (AvgIpc) is 3.21. The van der Waals surface area contributed by atoms with E-state index >= 15 is 0 Å². The van der Waals surface area contributed by atoms with Crippen LogP contribution in [0.5, 0.6) is 0 Å². The van der Waals surface area contributed by atoms with Crippen LogP contribution >= 0.6 is 0 Å². The molecule has 0 aromatic carbocycles. The fourth-order valence-corrected chi connectivity index (χ4v) is 4.43. The number of hydrogen-bond donors (Lipinski definition) is 1. The van der Waals surface area contributed by atoms with Crippen molar-refractivity contribution in [1.29, 1.82) is 0 Å². The van der Waals surface area contributed by atoms with Crippen molar-refractivity contribution in [2.45, 2.75) is 62.8 Å². The zero-order valence-electron chi connectivity index (χ0n) is 15.8. The number of hydrogen-bond acceptors (Lipinski definition) is 8. The van der Waals surface area contributed by atoms with E-state index in [0.717, 1.165) is 0 Å². The Hall–Kier alpha value is -1.86. The molecule has 0 aromatic heterocycles. The van der Waals surface area contributed by atoms with Crippen LogP contribution in [0.15, 0.2) is 0 Å². The third kappa shape index (κ3) is 3.38. The standard InChI is InChI=1S/C16H21F2NO9S/c1-4-7(20)27-13-10-11-8(14(21)19(10)6(2)3)9(12(13)28-11)15(22)26-5-16(17,18)29(23,24)25/h6,8-13H,4-5H2,1-3H3,(H,23,24,25). The molecule has 3 saturated heterocycles. The molecule has 3 aliphatic rings. The lowest BCUT2D eigenvalue weighted by molar-refractivity contribution is -0.165. The Balaban J connectivity index is 1.86. The average molecular weight is 441 g/mol. The van der Waals surface area contributed by atoms with Crippen LogP contribution in [0.4, 0.5) is 8.78 Å². The van der Waals surface area contributed by atoms with E-state index in [4.69, 9.17) is 14.0 Å². The van der Waals surface area contributed by atoms with Crippen LogP contribution in [-0.4, -0.2) is 78.0 Å². The molecule has 3 aliphatic heterocycles. The van der Waals surface area contributed by atoms with Gasteiger partial charge in [0.1, 0.15) is 12.0 Å². The molecule has 10 nitrogen and oxygen atoms in total. The zero-order valence-corrected chi connectivity index (χ0v) is 16.6. The summed E-state index contributed by atoms with van der Waals surface area (Å²) < 4.78 is 72.2. The van der Waals surface area contributed by atoms with Crippen molar-refractivity contribution in [3.8, 4) is 0 Å². The molecule has 0 aliphatic carbocycles. The summed E-state index contributed by atoms with van der Waals surface area (Å²) in [5.41, 5.74) is 0. The minimum Gasteiger partial charge on any atom is -0.458 e. The Morgan fingerprint density at radius 2 is 1.93 bits per heavy atom. The molecule has 0 radical (unpaired) electrons. The van der Waals surface area contributed by atoms with Gasteiger partial charge in [-0.2, -0.15) is 17.2 Å². The number of amides is 1. The SMILES string of the molecule is CCC(=O)OC1C2OC3C(C(=O)N(C(C)C)C13)C2C(=O)OCC(F)(F)S(=O)(=O)O. The van der Waals surface area contributed by atoms with Gasteiger partial charge in [0.2, 0.25) is 5.91 Å². The maximum atomic E-state index is 13.4. The van der Waals surface area contributed by atoms with Gasteiger partial charge in [-0.3, -0.25) is 18.9 Å². The van der Waals surface area contributed by atoms with E-state index in [0.29, 0.717) is 0 Å². The number of ether oxygens (including phenoxy) is 3. The van der Waals surface area contributed by atoms with Gasteiger partial charge in [0.25, 0.3) is 0 Å². The number of likely N-dealkylation sites (tertiary alicyclic amines) is 1. The van der Waals surface area contributed by atoms with Crippen molar-refractivity contribution >= 4 is 28.0 Å². The molecular weight excluding hydrogens is 420 g/mol. The summed E-state index contributed by atoms with van der Waals surface area (Å²) in [6.45, 7) is 3.10. The van der Waals surface area contributed by atoms with E-state index in [2.05, 4.69) is 4.74 Å². The summed E-state index contributed by atoms with van der Waals surface area (Å²) >= 11 is 0. The van der Waals surface area contributed by atoms with Gasteiger partial charge < -0.3 is 19.1 Å². The Morgan fingerprint density at radius 3 is 2.45 bits per heavy atom. The van der Waals surface area contributed by atoms with Gasteiger partial charge in [-0.15, -0.1) is 0 Å². The van der Waals surface area contributed by atoms with Gasteiger partial charge >= 0.3 is 27.3 Å². The highest BCUT2D eigenvalue weighted by atomic mass is 32.2. The number of esters is 2. The monoisotopic (exact) mass is 441 g/mol. The fraction of sp³-hybridized carbons (Fsp3) is 0.812. The highest BCUT2D eigenvalue weighted by Crippen LogP contribution is 2.53. The largest absolute Gasteiger partial charge is 0.458 e. The third-order valence-electron chi connectivity index (χ3n) is 5.41. The molecule has 1 amide bonds. The minimum atomic E-state index is -5.79. The lowest BCUT2D eigenvalue weighted by Gasteiger charge is -2.33. The van der Waals surface area contributed by atoms with Gasteiger partial charge in [0.15, 0.2) is 12.7 Å². The molecule has 3 heterocycles. The van der Waals surface area contributed by atoms with Crippen molar-refractivity contribution in [3.05, 3.63) is 0 Å². The van der Waals surface area contributed by atoms with Crippen LogP contribution in [-0.2, 0) is 38.7 Å². The highest BCUT2D eigenvalue weighted by molar-refractivity contribution is 7.86. The van der Waals surface area contributed by atoms with Crippen molar-refractivity contribution in [2.24, 2.45) is 11.8 Å². The number of fused-ring (bicyclic) bond motifs is 1. The van der Waals surface area contributed by atoms with Gasteiger partial charge in [-0.1, -0.05) is 6.92 Å². The number of carbonyl (C=O) groups is 3. The number of alkyl halides is 2. The molecule has 29 heavy (non-hydrogen) atoms. The second-order valence-electron chi connectivity index (χ2n) is 7.47. The molecule has 3 fully saturated rings. The Bertz CT molecular complexity index is 830. The predicted molar refractivity (Wildman–Crippen MR) is 89.0 cm³/mol. The molecule has 13 heteroatoms. The van der Waals surface area contributed by atoms with Crippen LogP contribution in [0.25, 0.3) is 0 Å². The maximum Gasteiger partial charge on any atom is 0.402 e. The quantitative estimate of drug-likeness (QED) is 0.426. The van der Waals surface area contributed by atoms with E-state index in [1.54, 1.807) is 20.8 Å². The number of nitrogens with zero attached hydrogens (tertiary/aromatic N) is 1. The first-order chi connectivity index (χ1) is 13.3. The zero-order chi connectivity index (χ0) is 21.9. The second kappa shape index (κ2) is 7.13. The van der Waals surface area contributed by atoms with E-state index < -0.39 is 76.0 Å². The topological polar surface area (TPSA) is 137 Å². The number of halogens is 2. The Kier molecular flexibility index (Phi) is 5.37. The summed E-state index contributed by atoms with van der Waals surface area (Å²) in [7, 11) is -5.79. The first-order valence-electron chi connectivity index (χ1n) is 9.00. The third-order valence-corrected chi connectivity index (χ3v) is 6.28. The first kappa shape index (κ1) is 21.8. The van der Waals surface area contributed by atoms with Crippen LogP contribution in [0, 0.1) is 11.8 Å². The Morgan fingerprint density at radius 1 is 1.31 bits per heavy atom. The van der Waals surface area contributed by atoms with E-state index in [9.17, 15) is 31.6 Å². The molecule has 6 unspecified atom stereocenters. The minimum absolute atomic E-state index is 0.0371. The van der Waals surface area contributed by atoms with Gasteiger partial charge in [0, 0.05) is 12.5 Å². The molecule has 0 aromatic rings. The first-order valence-corrected chi connectivity index (χ1v) is 10.4. The molecule has 2 bridgehead atoms. The summed E-state index contributed by atoms with van der Waals surface area (Å²) in [4.78, 5) is 38.6. The van der Waals surface area contributed by atoms with Crippen molar-refractivity contribution < 1.29 is 50.3 Å². The van der Waals surface area contributed by atoms with Crippen molar-refractivity contribution in [3.63, 3.8) is 0 Å². The fourth-order valence-electron chi connectivity index (χ4n) is 4.22. The summed E-state index contributed by atoms with van der Waals surface area (Å²) in [6, 6.07) is -0.917. The van der Waals surface area contributed by atoms with Gasteiger partial charge in [0.05, 0.1) is 18.1 Å². The molecular formula is C16H21F2NO9S. The normalized spacial score (nSPS) is 33.5. The predicted octanol–water partition coefficient (Wildman–Crippen LogP) is -0.0354. The lowest BCUT2D eigenvalue weighted by atomic mass is 9.78. The van der Waals surface area contributed by atoms with Crippen molar-refractivity contribution in [1.82, 2.24) is 4.90 Å². The summed E-state index contributed by atoms with van der Waals surface area (Å²) in [5, 5.41) is -4.71. The smallest absolute Gasteiger partial charge is 0.402 e. The van der Waals surface area contributed by atoms with Crippen LogP contribution in [0.2, 0.25) is 0 Å². The number of rotatable bonds is 7. The van der Waals surface area contributed by atoms with Crippen LogP contribution < -0.4 is 0 Å². The van der Waals surface area contributed by atoms with E-state index in [1.165, 1.54) is 4.90 Å².